The predicted molar refractivity (Wildman–Crippen MR) is 96.0 cm³/mol. The van der Waals surface area contributed by atoms with E-state index < -0.39 is 17.7 Å². The van der Waals surface area contributed by atoms with Crippen molar-refractivity contribution in [1.29, 1.82) is 0 Å². The number of piperazine rings is 1. The molecule has 0 radical (unpaired) electrons. The van der Waals surface area contributed by atoms with Gasteiger partial charge in [-0.2, -0.15) is 0 Å². The number of anilines is 3. The smallest absolute Gasteiger partial charge is 0.404 e. The lowest BCUT2D eigenvalue weighted by molar-refractivity contribution is -0.274. The number of benzene rings is 1. The van der Waals surface area contributed by atoms with Gasteiger partial charge >= 0.3 is 6.36 Å². The molecule has 0 atom stereocenters. The van der Waals surface area contributed by atoms with Crippen molar-refractivity contribution in [3.8, 4) is 5.75 Å². The fourth-order valence-corrected chi connectivity index (χ4v) is 2.76. The number of aromatic nitrogens is 2. The van der Waals surface area contributed by atoms with Crippen molar-refractivity contribution < 1.29 is 17.9 Å². The van der Waals surface area contributed by atoms with Crippen molar-refractivity contribution in [2.24, 2.45) is 0 Å². The number of aromatic amines is 1. The molecule has 1 aliphatic rings. The molecule has 7 nitrogen and oxygen atoms in total. The molecule has 11 heteroatoms. The van der Waals surface area contributed by atoms with Crippen molar-refractivity contribution in [3.05, 3.63) is 39.8 Å². The molecule has 27 heavy (non-hydrogen) atoms. The van der Waals surface area contributed by atoms with Crippen molar-refractivity contribution in [2.75, 3.05) is 43.4 Å². The fourth-order valence-electron chi connectivity index (χ4n) is 2.66. The lowest BCUT2D eigenvalue weighted by atomic mass is 10.2. The van der Waals surface area contributed by atoms with Crippen molar-refractivity contribution in [2.45, 2.75) is 6.36 Å². The summed E-state index contributed by atoms with van der Waals surface area (Å²) in [5, 5.41) is 2.54. The molecule has 146 valence electrons. The first-order valence-electron chi connectivity index (χ1n) is 8.06. The summed E-state index contributed by atoms with van der Waals surface area (Å²) in [7, 11) is 2.01. The van der Waals surface area contributed by atoms with Crippen LogP contribution in [0, 0.1) is 0 Å². The Morgan fingerprint density at radius 3 is 2.59 bits per heavy atom. The molecule has 2 aromatic rings. The highest BCUT2D eigenvalue weighted by Gasteiger charge is 2.32. The monoisotopic (exact) mass is 403 g/mol. The summed E-state index contributed by atoms with van der Waals surface area (Å²) >= 11 is 5.62. The normalized spacial score (nSPS) is 15.7. The Balaban J connectivity index is 1.92. The number of ether oxygens (including phenoxy) is 1. The summed E-state index contributed by atoms with van der Waals surface area (Å²) in [6.45, 7) is 3.17. The van der Waals surface area contributed by atoms with E-state index in [9.17, 15) is 18.0 Å². The summed E-state index contributed by atoms with van der Waals surface area (Å²) < 4.78 is 42.2. The second-order valence-corrected chi connectivity index (χ2v) is 6.46. The average molecular weight is 404 g/mol. The zero-order valence-corrected chi connectivity index (χ0v) is 15.1. The van der Waals surface area contributed by atoms with Gasteiger partial charge in [0.1, 0.15) is 5.02 Å². The number of alkyl halides is 3. The number of likely N-dealkylation sites (N-methyl/N-ethyl adjacent to an activating group) is 1. The summed E-state index contributed by atoms with van der Waals surface area (Å²) in [6, 6.07) is 4.33. The van der Waals surface area contributed by atoms with Crippen LogP contribution in [0.25, 0.3) is 0 Å². The van der Waals surface area contributed by atoms with E-state index in [4.69, 9.17) is 11.6 Å². The molecule has 0 amide bonds. The summed E-state index contributed by atoms with van der Waals surface area (Å²) in [4.78, 5) is 22.0. The second kappa shape index (κ2) is 7.65. The third-order valence-electron chi connectivity index (χ3n) is 4.07. The van der Waals surface area contributed by atoms with Crippen LogP contribution in [0.2, 0.25) is 5.02 Å². The van der Waals surface area contributed by atoms with Crippen LogP contribution in [0.5, 0.6) is 5.75 Å². The molecule has 2 heterocycles. The van der Waals surface area contributed by atoms with Crippen LogP contribution in [-0.2, 0) is 0 Å². The quantitative estimate of drug-likeness (QED) is 0.818. The molecule has 1 aromatic heterocycles. The summed E-state index contributed by atoms with van der Waals surface area (Å²) in [5.41, 5.74) is 0.147. The molecular formula is C16H17ClF3N5O2. The van der Waals surface area contributed by atoms with Gasteiger partial charge in [0, 0.05) is 31.9 Å². The molecule has 0 spiro atoms. The molecule has 1 saturated heterocycles. The van der Waals surface area contributed by atoms with Gasteiger partial charge in [-0.05, 0) is 25.2 Å². The number of H-pyrrole nitrogens is 1. The predicted octanol–water partition coefficient (Wildman–Crippen LogP) is 2.82. The standard InChI is InChI=1S/C16H17ClF3N5O2/c1-24-4-6-25(7-5-24)10-2-3-13(27-16(18,19)20)12(8-10)22-15-21-9-11(17)14(26)23-15/h2-3,8-9H,4-7H2,1H3,(H2,21,22,23,26). The maximum atomic E-state index is 12.7. The zero-order valence-electron chi connectivity index (χ0n) is 14.3. The number of nitrogens with zero attached hydrogens (tertiary/aromatic N) is 3. The van der Waals surface area contributed by atoms with Gasteiger partial charge < -0.3 is 19.9 Å². The van der Waals surface area contributed by atoms with Gasteiger partial charge in [0.25, 0.3) is 5.56 Å². The molecule has 3 rings (SSSR count). The number of hydrogen-bond acceptors (Lipinski definition) is 6. The molecule has 0 bridgehead atoms. The molecular weight excluding hydrogens is 387 g/mol. The van der Waals surface area contributed by atoms with Crippen LogP contribution in [0.15, 0.2) is 29.2 Å². The summed E-state index contributed by atoms with van der Waals surface area (Å²) in [5.74, 6) is -0.482. The Hall–Kier alpha value is -2.46. The van der Waals surface area contributed by atoms with E-state index in [-0.39, 0.29) is 16.7 Å². The number of halogens is 4. The first-order chi connectivity index (χ1) is 12.7. The first kappa shape index (κ1) is 19.3. The minimum atomic E-state index is -4.85. The Morgan fingerprint density at radius 1 is 1.26 bits per heavy atom. The Labute approximate surface area is 157 Å². The van der Waals surface area contributed by atoms with Crippen LogP contribution < -0.4 is 20.5 Å². The fraction of sp³-hybridized carbons (Fsp3) is 0.375. The largest absolute Gasteiger partial charge is 0.573 e. The van der Waals surface area contributed by atoms with Gasteiger partial charge in [0.05, 0.1) is 11.9 Å². The molecule has 0 aliphatic carbocycles. The SMILES string of the molecule is CN1CCN(c2ccc(OC(F)(F)F)c(Nc3ncc(Cl)c(=O)[nH]3)c2)CC1. The molecule has 1 aliphatic heterocycles. The third kappa shape index (κ3) is 5.04. The number of nitrogens with one attached hydrogen (secondary N) is 2. The van der Waals surface area contributed by atoms with E-state index in [1.807, 2.05) is 7.05 Å². The molecule has 0 unspecified atom stereocenters. The van der Waals surface area contributed by atoms with Gasteiger partial charge in [-0.3, -0.25) is 9.78 Å². The van der Waals surface area contributed by atoms with Crippen LogP contribution >= 0.6 is 11.6 Å². The Kier molecular flexibility index (Phi) is 5.47. The van der Waals surface area contributed by atoms with E-state index >= 15 is 0 Å². The van der Waals surface area contributed by atoms with Gasteiger partial charge in [-0.1, -0.05) is 11.6 Å². The van der Waals surface area contributed by atoms with Gasteiger partial charge in [0.15, 0.2) is 5.75 Å². The third-order valence-corrected chi connectivity index (χ3v) is 4.34. The van der Waals surface area contributed by atoms with Crippen LogP contribution in [0.3, 0.4) is 0 Å². The minimum absolute atomic E-state index is 0.0224. The highest BCUT2D eigenvalue weighted by molar-refractivity contribution is 6.30. The highest BCUT2D eigenvalue weighted by Crippen LogP contribution is 2.35. The van der Waals surface area contributed by atoms with E-state index in [2.05, 4.69) is 29.8 Å². The van der Waals surface area contributed by atoms with Crippen LogP contribution in [-0.4, -0.2) is 54.5 Å². The first-order valence-corrected chi connectivity index (χ1v) is 8.44. The lowest BCUT2D eigenvalue weighted by Crippen LogP contribution is -2.44. The Morgan fingerprint density at radius 2 is 1.96 bits per heavy atom. The topological polar surface area (TPSA) is 73.5 Å². The van der Waals surface area contributed by atoms with Crippen molar-refractivity contribution >= 4 is 28.9 Å². The molecule has 1 aromatic carbocycles. The van der Waals surface area contributed by atoms with Gasteiger partial charge in [-0.25, -0.2) is 4.98 Å². The molecule has 0 saturated carbocycles. The second-order valence-electron chi connectivity index (χ2n) is 6.05. The molecule has 1 fully saturated rings. The number of hydrogen-bond donors (Lipinski definition) is 2. The van der Waals surface area contributed by atoms with Crippen molar-refractivity contribution in [1.82, 2.24) is 14.9 Å². The van der Waals surface area contributed by atoms with Crippen molar-refractivity contribution in [3.63, 3.8) is 0 Å². The van der Waals surface area contributed by atoms with Gasteiger partial charge in [-0.15, -0.1) is 13.2 Å². The van der Waals surface area contributed by atoms with E-state index in [1.54, 1.807) is 6.07 Å². The van der Waals surface area contributed by atoms with E-state index in [0.29, 0.717) is 0 Å². The zero-order chi connectivity index (χ0) is 19.6. The maximum Gasteiger partial charge on any atom is 0.573 e. The van der Waals surface area contributed by atoms with Crippen LogP contribution in [0.4, 0.5) is 30.5 Å². The van der Waals surface area contributed by atoms with Crippen LogP contribution in [0.1, 0.15) is 0 Å². The van der Waals surface area contributed by atoms with Gasteiger partial charge in [0.2, 0.25) is 5.95 Å². The summed E-state index contributed by atoms with van der Waals surface area (Å²) in [6.07, 6.45) is -3.75. The van der Waals surface area contributed by atoms with E-state index in [0.717, 1.165) is 38.1 Å². The number of rotatable bonds is 4. The lowest BCUT2D eigenvalue weighted by Gasteiger charge is -2.34. The average Bonchev–Trinajstić information content (AvgIpc) is 2.59. The highest BCUT2D eigenvalue weighted by atomic mass is 35.5. The molecule has 2 N–H and O–H groups in total. The maximum absolute atomic E-state index is 12.7. The minimum Gasteiger partial charge on any atom is -0.404 e. The van der Waals surface area contributed by atoms with E-state index in [1.165, 1.54) is 12.1 Å². The Bertz CT molecular complexity index is 866.